The van der Waals surface area contributed by atoms with Gasteiger partial charge in [0.2, 0.25) is 20.0 Å². The highest BCUT2D eigenvalue weighted by molar-refractivity contribution is 7.89. The lowest BCUT2D eigenvalue weighted by atomic mass is 10.0. The maximum Gasteiger partial charge on any atom is 0.314 e. The molecule has 28 heteroatoms. The molecule has 4 aromatic rings. The van der Waals surface area contributed by atoms with Crippen molar-refractivity contribution in [3.8, 4) is 23.6 Å². The maximum atomic E-state index is 15.3. The molecule has 0 aromatic heterocycles. The Morgan fingerprint density at radius 1 is 0.549 bits per heavy atom. The highest BCUT2D eigenvalue weighted by atomic mass is 35.5. The van der Waals surface area contributed by atoms with E-state index in [1.165, 1.54) is 24.3 Å². The fraction of sp³-hybridized carbons (Fsp3) is 0.481. The van der Waals surface area contributed by atoms with Crippen molar-refractivity contribution in [2.24, 2.45) is 0 Å². The number of nitriles is 2. The Labute approximate surface area is 487 Å². The van der Waals surface area contributed by atoms with Gasteiger partial charge < -0.3 is 59.5 Å². The predicted molar refractivity (Wildman–Crippen MR) is 300 cm³/mol. The van der Waals surface area contributed by atoms with Gasteiger partial charge in [0.15, 0.2) is 23.1 Å². The Bertz CT molecular complexity index is 2950. The number of nitrogens with one attached hydrogen (secondary N) is 6. The predicted octanol–water partition coefficient (Wildman–Crippen LogP) is 4.93. The number of carbonyl (C=O) groups excluding carboxylic acids is 2. The van der Waals surface area contributed by atoms with E-state index in [1.54, 1.807) is 24.3 Å². The molecule has 446 valence electrons. The van der Waals surface area contributed by atoms with Crippen molar-refractivity contribution in [3.63, 3.8) is 0 Å². The van der Waals surface area contributed by atoms with Crippen molar-refractivity contribution in [1.82, 2.24) is 40.5 Å². The molecular formula is C54H68Cl2F2N10O12S2. The van der Waals surface area contributed by atoms with E-state index in [0.717, 1.165) is 23.3 Å². The smallest absolute Gasteiger partial charge is 0.314 e. The number of nitrogens with zero attached hydrogens (tertiary/aromatic N) is 4. The minimum atomic E-state index is -4.08. The van der Waals surface area contributed by atoms with Crippen LogP contribution in [-0.2, 0) is 51.8 Å². The zero-order valence-corrected chi connectivity index (χ0v) is 49.0. The maximum absolute atomic E-state index is 15.3. The molecule has 0 bridgehead atoms. The van der Waals surface area contributed by atoms with E-state index >= 15 is 8.78 Å². The first-order chi connectivity index (χ1) is 39.2. The van der Waals surface area contributed by atoms with Crippen LogP contribution in [0.3, 0.4) is 0 Å². The molecule has 0 heterocycles. The van der Waals surface area contributed by atoms with Crippen LogP contribution in [-0.4, -0.2) is 171 Å². The van der Waals surface area contributed by atoms with Gasteiger partial charge in [0, 0.05) is 49.3 Å². The van der Waals surface area contributed by atoms with E-state index in [2.05, 4.69) is 42.8 Å². The fourth-order valence-corrected chi connectivity index (χ4v) is 11.5. The lowest BCUT2D eigenvalue weighted by Gasteiger charge is -2.27. The van der Waals surface area contributed by atoms with Crippen LogP contribution < -0.4 is 40.2 Å². The summed E-state index contributed by atoms with van der Waals surface area (Å²) in [5.74, 6) is -2.04. The first-order valence-electron chi connectivity index (χ1n) is 26.3. The number of unbranched alkanes of at least 4 members (excludes halogenated alkanes) is 1. The Kier molecular flexibility index (Phi) is 25.1. The Morgan fingerprint density at radius 3 is 1.24 bits per heavy atom. The van der Waals surface area contributed by atoms with E-state index in [4.69, 9.17) is 51.6 Å². The SMILES string of the molecule is CN(C)C1Cc2c(C#N)cc(Cl)cc2[C@@H]1Oc1ccc(S(=O)(=O)NCCOCCOCCNC(=O)NCCCCNC(=O)NCCOCCOCCNS(=O)(=O)c2ccc(O[C@H]3c4cc(Cl)cc(C#N)c4C[C@@H]3N(C)C)c(F)c2)cc1F. The number of amides is 4. The molecule has 6 N–H and O–H groups in total. The van der Waals surface area contributed by atoms with Crippen molar-refractivity contribution in [3.05, 3.63) is 116 Å². The van der Waals surface area contributed by atoms with Gasteiger partial charge in [0.05, 0.1) is 98.0 Å². The van der Waals surface area contributed by atoms with Gasteiger partial charge in [-0.25, -0.2) is 44.6 Å². The van der Waals surface area contributed by atoms with Gasteiger partial charge in [-0.1, -0.05) is 23.2 Å². The summed E-state index contributed by atoms with van der Waals surface area (Å²) in [6.07, 6.45) is 0.890. The first-order valence-corrected chi connectivity index (χ1v) is 30.0. The summed E-state index contributed by atoms with van der Waals surface area (Å²) in [7, 11) is -0.763. The van der Waals surface area contributed by atoms with Crippen LogP contribution in [0, 0.1) is 34.3 Å². The average molecular weight is 1220 g/mol. The lowest BCUT2D eigenvalue weighted by Crippen LogP contribution is -2.39. The molecule has 1 unspecified atom stereocenters. The third-order valence-corrected chi connectivity index (χ3v) is 16.6. The highest BCUT2D eigenvalue weighted by Gasteiger charge is 2.40. The molecule has 0 fully saturated rings. The van der Waals surface area contributed by atoms with Crippen molar-refractivity contribution < 1.29 is 63.6 Å². The fourth-order valence-electron chi connectivity index (χ4n) is 9.04. The Balaban J connectivity index is 0.715. The molecule has 6 rings (SSSR count). The molecule has 0 saturated carbocycles. The van der Waals surface area contributed by atoms with Crippen LogP contribution in [0.15, 0.2) is 70.5 Å². The number of benzene rings is 4. The van der Waals surface area contributed by atoms with Gasteiger partial charge in [-0.3, -0.25) is 0 Å². The number of halogens is 4. The number of ether oxygens (including phenoxy) is 6. The number of hydrogen-bond donors (Lipinski definition) is 6. The van der Waals surface area contributed by atoms with Gasteiger partial charge in [-0.2, -0.15) is 10.5 Å². The minimum Gasteiger partial charge on any atom is -0.481 e. The second-order valence-electron chi connectivity index (χ2n) is 19.3. The number of carbonyl (C=O) groups is 2. The van der Waals surface area contributed by atoms with Crippen LogP contribution in [0.1, 0.15) is 58.4 Å². The standard InChI is InChI=1S/C54H68Cl2F2N10O12S2/c1-67(2)47-31-41-35(33-59)25-37(55)27-43(41)51(47)79-49-9-7-39(29-45(49)57)81(71,72)65-15-19-77-23-21-75-17-13-63-53(69)61-11-5-6-12-62-54(70)64-14-18-76-22-24-78-20-16-66-82(73,74)40-8-10-50(46(58)30-40)80-52-44-28-38(56)26-36(34-60)42(44)32-48(52)68(3)4/h7-10,25-30,47-48,51-52,65-66H,5-6,11-24,31-32H2,1-4H3,(H2,61,63,69)(H2,62,64,70)/t47-,48?,51-,52-/m0/s1. The molecule has 0 radical (unpaired) electrons. The molecular weight excluding hydrogens is 1150 g/mol. The zero-order valence-electron chi connectivity index (χ0n) is 45.8. The second-order valence-corrected chi connectivity index (χ2v) is 23.7. The Hall–Kier alpha value is -5.98. The number of hydrogen-bond acceptors (Lipinski definition) is 16. The van der Waals surface area contributed by atoms with Crippen LogP contribution in [0.25, 0.3) is 0 Å². The molecule has 2 aliphatic carbocycles. The van der Waals surface area contributed by atoms with Crippen LogP contribution in [0.4, 0.5) is 18.4 Å². The van der Waals surface area contributed by atoms with Crippen molar-refractivity contribution >= 4 is 55.3 Å². The minimum absolute atomic E-state index is 0.0204. The highest BCUT2D eigenvalue weighted by Crippen LogP contribution is 2.43. The zero-order chi connectivity index (χ0) is 59.4. The number of sulfonamides is 2. The summed E-state index contributed by atoms with van der Waals surface area (Å²) in [5.41, 5.74) is 3.73. The molecule has 4 amide bonds. The van der Waals surface area contributed by atoms with Gasteiger partial charge in [0.1, 0.15) is 12.2 Å². The lowest BCUT2D eigenvalue weighted by molar-refractivity contribution is 0.0516. The normalized spacial score (nSPS) is 16.5. The van der Waals surface area contributed by atoms with Gasteiger partial charge in [-0.05, 0) is 137 Å². The molecule has 0 aliphatic heterocycles. The summed E-state index contributed by atoms with van der Waals surface area (Å²) in [4.78, 5) is 27.4. The van der Waals surface area contributed by atoms with Crippen molar-refractivity contribution in [2.45, 2.75) is 59.8 Å². The number of urea groups is 2. The van der Waals surface area contributed by atoms with Crippen LogP contribution >= 0.6 is 23.2 Å². The van der Waals surface area contributed by atoms with E-state index in [9.17, 15) is 36.9 Å². The molecule has 4 atom stereocenters. The second kappa shape index (κ2) is 31.6. The molecule has 82 heavy (non-hydrogen) atoms. The summed E-state index contributed by atoms with van der Waals surface area (Å²) >= 11 is 12.5. The molecule has 2 aliphatic rings. The summed E-state index contributed by atoms with van der Waals surface area (Å²) in [6, 6.07) is 16.4. The summed E-state index contributed by atoms with van der Waals surface area (Å²) in [6.45, 7) is 2.20. The number of fused-ring (bicyclic) bond motifs is 2. The van der Waals surface area contributed by atoms with Gasteiger partial charge in [-0.15, -0.1) is 0 Å². The molecule has 22 nitrogen and oxygen atoms in total. The van der Waals surface area contributed by atoms with Gasteiger partial charge >= 0.3 is 12.1 Å². The van der Waals surface area contributed by atoms with E-state index in [-0.39, 0.29) is 124 Å². The topological polar surface area (TPSA) is 284 Å². The van der Waals surface area contributed by atoms with E-state index in [1.807, 2.05) is 38.0 Å². The molecule has 0 saturated heterocycles. The quantitative estimate of drug-likeness (QED) is 0.0345. The van der Waals surface area contributed by atoms with Crippen molar-refractivity contribution in [1.29, 1.82) is 10.5 Å². The largest absolute Gasteiger partial charge is 0.481 e. The third kappa shape index (κ3) is 18.8. The van der Waals surface area contributed by atoms with E-state index < -0.39 is 43.9 Å². The van der Waals surface area contributed by atoms with Gasteiger partial charge in [0.25, 0.3) is 0 Å². The number of rotatable bonds is 33. The van der Waals surface area contributed by atoms with Crippen LogP contribution in [0.2, 0.25) is 10.0 Å². The third-order valence-electron chi connectivity index (χ3n) is 13.2. The van der Waals surface area contributed by atoms with Crippen LogP contribution in [0.5, 0.6) is 11.5 Å². The summed E-state index contributed by atoms with van der Waals surface area (Å²) in [5, 5.41) is 30.7. The Morgan fingerprint density at radius 2 is 0.902 bits per heavy atom. The monoisotopic (exact) mass is 1220 g/mol. The summed E-state index contributed by atoms with van der Waals surface area (Å²) < 4.78 is 121. The van der Waals surface area contributed by atoms with Crippen molar-refractivity contribution in [2.75, 3.05) is 120 Å². The number of likely N-dealkylation sites (N-methyl/N-ethyl adjacent to an activating group) is 2. The molecule has 4 aromatic carbocycles. The first kappa shape index (κ1) is 65.2. The average Bonchev–Trinajstić information content (AvgIpc) is 4.16. The van der Waals surface area contributed by atoms with E-state index in [0.29, 0.717) is 71.1 Å². The molecule has 0 spiro atoms.